The van der Waals surface area contributed by atoms with Crippen LogP contribution in [0.3, 0.4) is 0 Å². The van der Waals surface area contributed by atoms with Crippen molar-refractivity contribution in [1.29, 1.82) is 0 Å². The number of halogens is 3. The average Bonchev–Trinajstić information content (AvgIpc) is 2.49. The Kier molecular flexibility index (Phi) is 4.21. The van der Waals surface area contributed by atoms with E-state index in [2.05, 4.69) is 9.97 Å². The standard InChI is InChI=1S/C16H9Cl3N2O/c17-10-4-1-9(2-5-10)3-6-13-16(22)21-15-8-12(19)11(18)7-14(15)20-13/h1-8H,(H,21,22). The second-order valence-electron chi connectivity index (χ2n) is 4.62. The predicted molar refractivity (Wildman–Crippen MR) is 92.8 cm³/mol. The van der Waals surface area contributed by atoms with Gasteiger partial charge in [0.1, 0.15) is 5.69 Å². The average molecular weight is 352 g/mol. The quantitative estimate of drug-likeness (QED) is 0.702. The molecule has 0 aliphatic carbocycles. The van der Waals surface area contributed by atoms with Crippen molar-refractivity contribution >= 4 is 58.0 Å². The van der Waals surface area contributed by atoms with Crippen molar-refractivity contribution in [2.75, 3.05) is 0 Å². The Balaban J connectivity index is 2.03. The monoisotopic (exact) mass is 350 g/mol. The largest absolute Gasteiger partial charge is 0.319 e. The van der Waals surface area contributed by atoms with E-state index in [1.54, 1.807) is 36.4 Å². The van der Waals surface area contributed by atoms with Crippen LogP contribution >= 0.6 is 34.8 Å². The van der Waals surface area contributed by atoms with E-state index in [1.807, 2.05) is 12.1 Å². The lowest BCUT2D eigenvalue weighted by Crippen LogP contribution is -2.11. The van der Waals surface area contributed by atoms with E-state index in [0.717, 1.165) is 5.56 Å². The molecule has 3 nitrogen and oxygen atoms in total. The summed E-state index contributed by atoms with van der Waals surface area (Å²) in [7, 11) is 0. The summed E-state index contributed by atoms with van der Waals surface area (Å²) in [4.78, 5) is 19.1. The number of aromatic amines is 1. The number of benzene rings is 2. The lowest BCUT2D eigenvalue weighted by molar-refractivity contribution is 1.19. The summed E-state index contributed by atoms with van der Waals surface area (Å²) in [6.45, 7) is 0. The summed E-state index contributed by atoms with van der Waals surface area (Å²) in [5, 5.41) is 1.42. The van der Waals surface area contributed by atoms with Gasteiger partial charge in [-0.25, -0.2) is 4.98 Å². The Bertz CT molecular complexity index is 931. The molecule has 0 saturated heterocycles. The van der Waals surface area contributed by atoms with Crippen molar-refractivity contribution in [3.8, 4) is 0 Å². The molecule has 110 valence electrons. The first kappa shape index (κ1) is 15.1. The summed E-state index contributed by atoms with van der Waals surface area (Å²) in [5.41, 5.74) is 2.03. The van der Waals surface area contributed by atoms with Crippen LogP contribution in [-0.4, -0.2) is 9.97 Å². The Morgan fingerprint density at radius 2 is 1.64 bits per heavy atom. The molecule has 0 radical (unpaired) electrons. The van der Waals surface area contributed by atoms with Crippen LogP contribution in [0.15, 0.2) is 41.2 Å². The maximum absolute atomic E-state index is 12.0. The summed E-state index contributed by atoms with van der Waals surface area (Å²) < 4.78 is 0. The van der Waals surface area contributed by atoms with Crippen LogP contribution in [0.4, 0.5) is 0 Å². The van der Waals surface area contributed by atoms with Gasteiger partial charge < -0.3 is 4.98 Å². The smallest absolute Gasteiger partial charge is 0.274 e. The Morgan fingerprint density at radius 1 is 0.955 bits per heavy atom. The molecular weight excluding hydrogens is 343 g/mol. The molecule has 0 spiro atoms. The van der Waals surface area contributed by atoms with E-state index < -0.39 is 0 Å². The van der Waals surface area contributed by atoms with Crippen LogP contribution in [0.5, 0.6) is 0 Å². The molecule has 1 aromatic heterocycles. The second-order valence-corrected chi connectivity index (χ2v) is 5.87. The molecule has 0 bridgehead atoms. The van der Waals surface area contributed by atoms with Gasteiger partial charge in [0, 0.05) is 5.02 Å². The number of rotatable bonds is 2. The molecule has 3 aromatic rings. The maximum atomic E-state index is 12.0. The summed E-state index contributed by atoms with van der Waals surface area (Å²) in [6.07, 6.45) is 3.43. The fraction of sp³-hybridized carbons (Fsp3) is 0. The van der Waals surface area contributed by atoms with E-state index >= 15 is 0 Å². The maximum Gasteiger partial charge on any atom is 0.274 e. The number of H-pyrrole nitrogens is 1. The van der Waals surface area contributed by atoms with E-state index in [-0.39, 0.29) is 5.56 Å². The predicted octanol–water partition coefficient (Wildman–Crippen LogP) is 5.05. The molecule has 0 aliphatic heterocycles. The minimum absolute atomic E-state index is 0.292. The third-order valence-electron chi connectivity index (χ3n) is 3.06. The molecule has 0 fully saturated rings. The molecular formula is C16H9Cl3N2O. The van der Waals surface area contributed by atoms with Crippen molar-refractivity contribution in [3.05, 3.63) is 73.1 Å². The number of nitrogens with zero attached hydrogens (tertiary/aromatic N) is 1. The third-order valence-corrected chi connectivity index (χ3v) is 4.04. The molecule has 3 rings (SSSR count). The summed E-state index contributed by atoms with van der Waals surface area (Å²) in [5.74, 6) is 0. The van der Waals surface area contributed by atoms with Gasteiger partial charge >= 0.3 is 0 Å². The van der Waals surface area contributed by atoms with Gasteiger partial charge in [-0.1, -0.05) is 53.0 Å². The fourth-order valence-electron chi connectivity index (χ4n) is 1.96. The van der Waals surface area contributed by atoms with E-state index in [1.165, 1.54) is 0 Å². The van der Waals surface area contributed by atoms with Crippen LogP contribution in [-0.2, 0) is 0 Å². The van der Waals surface area contributed by atoms with Crippen LogP contribution in [0.25, 0.3) is 23.2 Å². The lowest BCUT2D eigenvalue weighted by Gasteiger charge is -2.01. The van der Waals surface area contributed by atoms with Crippen molar-refractivity contribution in [2.24, 2.45) is 0 Å². The molecule has 0 atom stereocenters. The molecule has 1 N–H and O–H groups in total. The molecule has 1 heterocycles. The number of hydrogen-bond acceptors (Lipinski definition) is 2. The summed E-state index contributed by atoms with van der Waals surface area (Å²) >= 11 is 17.7. The molecule has 0 aliphatic rings. The highest BCUT2D eigenvalue weighted by atomic mass is 35.5. The number of fused-ring (bicyclic) bond motifs is 1. The van der Waals surface area contributed by atoms with E-state index in [9.17, 15) is 4.79 Å². The van der Waals surface area contributed by atoms with E-state index in [0.29, 0.717) is 31.8 Å². The second kappa shape index (κ2) is 6.13. The van der Waals surface area contributed by atoms with Gasteiger partial charge in [-0.2, -0.15) is 0 Å². The SMILES string of the molecule is O=c1[nH]c2cc(Cl)c(Cl)cc2nc1C=Cc1ccc(Cl)cc1. The topological polar surface area (TPSA) is 45.8 Å². The molecule has 22 heavy (non-hydrogen) atoms. The highest BCUT2D eigenvalue weighted by Gasteiger charge is 2.06. The highest BCUT2D eigenvalue weighted by molar-refractivity contribution is 6.42. The van der Waals surface area contributed by atoms with Crippen LogP contribution in [0.2, 0.25) is 15.1 Å². The molecule has 0 unspecified atom stereocenters. The third kappa shape index (κ3) is 3.17. The van der Waals surface area contributed by atoms with E-state index in [4.69, 9.17) is 34.8 Å². The van der Waals surface area contributed by atoms with Crippen molar-refractivity contribution in [3.63, 3.8) is 0 Å². The zero-order valence-corrected chi connectivity index (χ0v) is 13.4. The molecule has 6 heteroatoms. The van der Waals surface area contributed by atoms with Crippen molar-refractivity contribution < 1.29 is 0 Å². The first-order valence-corrected chi connectivity index (χ1v) is 7.49. The Morgan fingerprint density at radius 3 is 2.36 bits per heavy atom. The highest BCUT2D eigenvalue weighted by Crippen LogP contribution is 2.25. The van der Waals surface area contributed by atoms with Crippen LogP contribution < -0.4 is 5.56 Å². The van der Waals surface area contributed by atoms with Gasteiger partial charge in [0.2, 0.25) is 0 Å². The minimum Gasteiger partial charge on any atom is -0.319 e. The van der Waals surface area contributed by atoms with Gasteiger partial charge in [0.25, 0.3) is 5.56 Å². The van der Waals surface area contributed by atoms with Gasteiger partial charge in [0.05, 0.1) is 21.1 Å². The summed E-state index contributed by atoms with van der Waals surface area (Å²) in [6, 6.07) is 10.5. The van der Waals surface area contributed by atoms with Gasteiger partial charge in [-0.05, 0) is 35.9 Å². The Hall–Kier alpha value is -1.81. The van der Waals surface area contributed by atoms with Crippen molar-refractivity contribution in [2.45, 2.75) is 0 Å². The van der Waals surface area contributed by atoms with Gasteiger partial charge in [0.15, 0.2) is 0 Å². The first-order valence-electron chi connectivity index (χ1n) is 6.36. The zero-order valence-electron chi connectivity index (χ0n) is 11.1. The molecule has 0 amide bonds. The van der Waals surface area contributed by atoms with Gasteiger partial charge in [-0.15, -0.1) is 0 Å². The fourth-order valence-corrected chi connectivity index (χ4v) is 2.41. The van der Waals surface area contributed by atoms with Crippen LogP contribution in [0.1, 0.15) is 11.3 Å². The number of nitrogens with one attached hydrogen (secondary N) is 1. The Labute approximate surface area is 141 Å². The van der Waals surface area contributed by atoms with Crippen molar-refractivity contribution in [1.82, 2.24) is 9.97 Å². The molecule has 0 saturated carbocycles. The van der Waals surface area contributed by atoms with Crippen LogP contribution in [0, 0.1) is 0 Å². The molecule has 2 aromatic carbocycles. The van der Waals surface area contributed by atoms with Gasteiger partial charge in [-0.3, -0.25) is 4.79 Å². The number of aromatic nitrogens is 2. The normalized spacial score (nSPS) is 11.4. The number of hydrogen-bond donors (Lipinski definition) is 1. The minimum atomic E-state index is -0.295. The first-order chi connectivity index (χ1) is 10.5. The lowest BCUT2D eigenvalue weighted by atomic mass is 10.2. The zero-order chi connectivity index (χ0) is 15.7.